The number of halogens is 1. The van der Waals surface area contributed by atoms with Crippen LogP contribution in [0, 0.1) is 6.92 Å². The third-order valence-electron chi connectivity index (χ3n) is 2.50. The first-order chi connectivity index (χ1) is 6.91. The zero-order chi connectivity index (χ0) is 11.2. The van der Waals surface area contributed by atoms with Crippen LogP contribution in [0.5, 0.6) is 11.5 Å². The molecule has 0 radical (unpaired) electrons. The summed E-state index contributed by atoms with van der Waals surface area (Å²) < 4.78 is 11.8. The lowest BCUT2D eigenvalue weighted by Crippen LogP contribution is -2.30. The third kappa shape index (κ3) is 1.72. The molecule has 2 rings (SSSR count). The normalized spacial score (nSPS) is 14.5. The number of fused-ring (bicyclic) bond motifs is 1. The van der Waals surface area contributed by atoms with Crippen LogP contribution in [0.1, 0.15) is 25.0 Å². The lowest BCUT2D eigenvalue weighted by Gasteiger charge is -2.24. The summed E-state index contributed by atoms with van der Waals surface area (Å²) in [6.07, 6.45) is 0. The summed E-state index contributed by atoms with van der Waals surface area (Å²) in [5.74, 6) is 1.55. The van der Waals surface area contributed by atoms with E-state index in [1.165, 1.54) is 0 Å². The smallest absolute Gasteiger partial charge is 0.231 e. The van der Waals surface area contributed by atoms with Gasteiger partial charge in [-0.3, -0.25) is 0 Å². The van der Waals surface area contributed by atoms with E-state index >= 15 is 0 Å². The molecule has 0 unspecified atom stereocenters. The molecule has 1 aliphatic rings. The summed E-state index contributed by atoms with van der Waals surface area (Å²) in [5.41, 5.74) is 7.81. The number of ether oxygens (including phenoxy) is 2. The number of hydrogen-bond acceptors (Lipinski definition) is 3. The maximum atomic E-state index is 6.14. The van der Waals surface area contributed by atoms with Gasteiger partial charge in [-0.05, 0) is 32.4 Å². The van der Waals surface area contributed by atoms with Gasteiger partial charge in [0.2, 0.25) is 6.79 Å². The van der Waals surface area contributed by atoms with Crippen LogP contribution in [-0.2, 0) is 5.54 Å². The fraction of sp³-hybridized carbons (Fsp3) is 0.455. The molecule has 0 fully saturated rings. The highest BCUT2D eigenvalue weighted by Gasteiger charge is 2.29. The molecule has 3 nitrogen and oxygen atoms in total. The minimum atomic E-state index is -0.439. The second-order valence-electron chi connectivity index (χ2n) is 4.31. The van der Waals surface area contributed by atoms with Crippen molar-refractivity contribution in [2.24, 2.45) is 5.73 Å². The standard InChI is InChI=1S/C11H14BrNO2/c1-6-7(12)4-8-10(15-5-14-8)9(6)11(2,3)13/h4H,5,13H2,1-3H3. The lowest BCUT2D eigenvalue weighted by atomic mass is 9.90. The molecule has 0 aliphatic carbocycles. The molecule has 1 aromatic rings. The Morgan fingerprint density at radius 2 is 2.07 bits per heavy atom. The van der Waals surface area contributed by atoms with Gasteiger partial charge in [-0.2, -0.15) is 0 Å². The molecule has 4 heteroatoms. The Labute approximate surface area is 97.7 Å². The molecule has 0 aromatic heterocycles. The van der Waals surface area contributed by atoms with Crippen LogP contribution < -0.4 is 15.2 Å². The van der Waals surface area contributed by atoms with Gasteiger partial charge in [0, 0.05) is 15.6 Å². The minimum Gasteiger partial charge on any atom is -0.454 e. The summed E-state index contributed by atoms with van der Waals surface area (Å²) >= 11 is 3.50. The van der Waals surface area contributed by atoms with Crippen LogP contribution in [0.15, 0.2) is 10.5 Å². The second kappa shape index (κ2) is 3.39. The van der Waals surface area contributed by atoms with Gasteiger partial charge >= 0.3 is 0 Å². The molecule has 0 saturated heterocycles. The Bertz CT molecular complexity index is 410. The monoisotopic (exact) mass is 271 g/mol. The minimum absolute atomic E-state index is 0.272. The highest BCUT2D eigenvalue weighted by atomic mass is 79.9. The Morgan fingerprint density at radius 3 is 2.67 bits per heavy atom. The van der Waals surface area contributed by atoms with E-state index in [-0.39, 0.29) is 6.79 Å². The van der Waals surface area contributed by atoms with E-state index in [1.54, 1.807) is 0 Å². The van der Waals surface area contributed by atoms with Crippen LogP contribution in [-0.4, -0.2) is 6.79 Å². The first kappa shape index (κ1) is 10.8. The van der Waals surface area contributed by atoms with Crippen molar-refractivity contribution in [2.75, 3.05) is 6.79 Å². The van der Waals surface area contributed by atoms with Crippen molar-refractivity contribution < 1.29 is 9.47 Å². The van der Waals surface area contributed by atoms with Crippen LogP contribution in [0.4, 0.5) is 0 Å². The van der Waals surface area contributed by atoms with Gasteiger partial charge in [-0.15, -0.1) is 0 Å². The SMILES string of the molecule is Cc1c(Br)cc2c(c1C(C)(C)N)OCO2. The molecule has 1 aromatic carbocycles. The second-order valence-corrected chi connectivity index (χ2v) is 5.17. The molecule has 0 atom stereocenters. The molecule has 0 amide bonds. The van der Waals surface area contributed by atoms with Crippen molar-refractivity contribution >= 4 is 15.9 Å². The lowest BCUT2D eigenvalue weighted by molar-refractivity contribution is 0.172. The molecule has 0 saturated carbocycles. The average Bonchev–Trinajstić information content (AvgIpc) is 2.50. The summed E-state index contributed by atoms with van der Waals surface area (Å²) in [6, 6.07) is 1.92. The number of rotatable bonds is 1. The Hall–Kier alpha value is -0.740. The van der Waals surface area contributed by atoms with E-state index in [0.717, 1.165) is 27.1 Å². The van der Waals surface area contributed by atoms with Crippen molar-refractivity contribution in [1.82, 2.24) is 0 Å². The van der Waals surface area contributed by atoms with Gasteiger partial charge in [-0.1, -0.05) is 15.9 Å². The van der Waals surface area contributed by atoms with Crippen molar-refractivity contribution in [1.29, 1.82) is 0 Å². The van der Waals surface area contributed by atoms with Gasteiger partial charge in [0.05, 0.1) is 0 Å². The molecule has 82 valence electrons. The van der Waals surface area contributed by atoms with E-state index in [0.29, 0.717) is 0 Å². The first-order valence-electron chi connectivity index (χ1n) is 4.79. The van der Waals surface area contributed by atoms with Crippen LogP contribution in [0.25, 0.3) is 0 Å². The van der Waals surface area contributed by atoms with E-state index < -0.39 is 5.54 Å². The van der Waals surface area contributed by atoms with Gasteiger partial charge < -0.3 is 15.2 Å². The van der Waals surface area contributed by atoms with Crippen molar-refractivity contribution in [3.63, 3.8) is 0 Å². The van der Waals surface area contributed by atoms with Gasteiger partial charge in [0.25, 0.3) is 0 Å². The molecule has 1 aliphatic heterocycles. The number of benzene rings is 1. The fourth-order valence-corrected chi connectivity index (χ4v) is 2.29. The molecule has 0 spiro atoms. The first-order valence-corrected chi connectivity index (χ1v) is 5.58. The number of nitrogens with two attached hydrogens (primary N) is 1. The highest BCUT2D eigenvalue weighted by molar-refractivity contribution is 9.10. The fourth-order valence-electron chi connectivity index (χ4n) is 1.88. The van der Waals surface area contributed by atoms with E-state index in [1.807, 2.05) is 26.8 Å². The van der Waals surface area contributed by atoms with Gasteiger partial charge in [0.15, 0.2) is 11.5 Å². The summed E-state index contributed by atoms with van der Waals surface area (Å²) in [4.78, 5) is 0. The maximum Gasteiger partial charge on any atom is 0.231 e. The molecular weight excluding hydrogens is 258 g/mol. The van der Waals surface area contributed by atoms with Crippen molar-refractivity contribution in [3.8, 4) is 11.5 Å². The Kier molecular flexibility index (Phi) is 2.43. The molecule has 15 heavy (non-hydrogen) atoms. The van der Waals surface area contributed by atoms with Crippen LogP contribution >= 0.6 is 15.9 Å². The quantitative estimate of drug-likeness (QED) is 0.854. The maximum absolute atomic E-state index is 6.14. The third-order valence-corrected chi connectivity index (χ3v) is 3.33. The summed E-state index contributed by atoms with van der Waals surface area (Å²) in [7, 11) is 0. The predicted octanol–water partition coefficient (Wildman–Crippen LogP) is 2.68. The highest BCUT2D eigenvalue weighted by Crippen LogP contribution is 2.44. The van der Waals surface area contributed by atoms with Crippen molar-refractivity contribution in [3.05, 3.63) is 21.7 Å². The largest absolute Gasteiger partial charge is 0.454 e. The topological polar surface area (TPSA) is 44.5 Å². The summed E-state index contributed by atoms with van der Waals surface area (Å²) in [6.45, 7) is 6.22. The zero-order valence-electron chi connectivity index (χ0n) is 9.06. The van der Waals surface area contributed by atoms with Crippen molar-refractivity contribution in [2.45, 2.75) is 26.3 Å². The van der Waals surface area contributed by atoms with Crippen LogP contribution in [0.2, 0.25) is 0 Å². The number of hydrogen-bond donors (Lipinski definition) is 1. The average molecular weight is 272 g/mol. The van der Waals surface area contributed by atoms with Gasteiger partial charge in [0.1, 0.15) is 0 Å². The molecule has 1 heterocycles. The van der Waals surface area contributed by atoms with E-state index in [9.17, 15) is 0 Å². The predicted molar refractivity (Wildman–Crippen MR) is 62.2 cm³/mol. The molecule has 0 bridgehead atoms. The van der Waals surface area contributed by atoms with Crippen LogP contribution in [0.3, 0.4) is 0 Å². The Morgan fingerprint density at radius 1 is 1.40 bits per heavy atom. The van der Waals surface area contributed by atoms with Gasteiger partial charge in [-0.25, -0.2) is 0 Å². The molecule has 2 N–H and O–H groups in total. The molecular formula is C11H14BrNO2. The zero-order valence-corrected chi connectivity index (χ0v) is 10.6. The van der Waals surface area contributed by atoms with E-state index in [2.05, 4.69) is 15.9 Å². The van der Waals surface area contributed by atoms with E-state index in [4.69, 9.17) is 15.2 Å². The summed E-state index contributed by atoms with van der Waals surface area (Å²) in [5, 5.41) is 0. The Balaban J connectivity index is 2.71.